The van der Waals surface area contributed by atoms with E-state index in [0.29, 0.717) is 11.4 Å². The van der Waals surface area contributed by atoms with E-state index in [1.807, 2.05) is 14.0 Å². The van der Waals surface area contributed by atoms with Gasteiger partial charge in [-0.05, 0) is 13.0 Å². The summed E-state index contributed by atoms with van der Waals surface area (Å²) >= 11 is 1.32. The van der Waals surface area contributed by atoms with E-state index in [9.17, 15) is 10.1 Å². The zero-order valence-electron chi connectivity index (χ0n) is 10.7. The largest absolute Gasteiger partial charge is 0.326 e. The Hall–Kier alpha value is -1.86. The summed E-state index contributed by atoms with van der Waals surface area (Å²) < 4.78 is 1.71. The Labute approximate surface area is 114 Å². The van der Waals surface area contributed by atoms with Crippen LogP contribution in [-0.2, 0) is 13.6 Å². The Morgan fingerprint density at radius 1 is 1.47 bits per heavy atom. The van der Waals surface area contributed by atoms with Gasteiger partial charge in [0.25, 0.3) is 5.69 Å². The molecule has 2 rings (SSSR count). The Bertz CT molecular complexity index is 624. The van der Waals surface area contributed by atoms with Crippen LogP contribution in [0.1, 0.15) is 11.3 Å². The van der Waals surface area contributed by atoms with Crippen molar-refractivity contribution in [2.45, 2.75) is 23.4 Å². The van der Waals surface area contributed by atoms with Crippen molar-refractivity contribution < 1.29 is 4.92 Å². The monoisotopic (exact) mass is 278 g/mol. The van der Waals surface area contributed by atoms with Crippen LogP contribution in [0.2, 0.25) is 0 Å². The van der Waals surface area contributed by atoms with Gasteiger partial charge in [-0.2, -0.15) is 5.10 Å². The maximum absolute atomic E-state index is 11.0. The second kappa shape index (κ2) is 5.41. The van der Waals surface area contributed by atoms with Crippen LogP contribution in [0.15, 0.2) is 34.2 Å². The summed E-state index contributed by atoms with van der Waals surface area (Å²) in [7, 11) is 1.81. The number of nitrogens with two attached hydrogens (primary N) is 1. The van der Waals surface area contributed by atoms with Crippen LogP contribution in [0.3, 0.4) is 0 Å². The fourth-order valence-electron chi connectivity index (χ4n) is 1.84. The number of nitrogens with zero attached hydrogens (tertiary/aromatic N) is 3. The quantitative estimate of drug-likeness (QED) is 0.684. The first-order chi connectivity index (χ1) is 9.04. The molecule has 0 aliphatic rings. The Morgan fingerprint density at radius 3 is 2.79 bits per heavy atom. The summed E-state index contributed by atoms with van der Waals surface area (Å²) in [5.41, 5.74) is 7.58. The van der Waals surface area contributed by atoms with E-state index in [1.54, 1.807) is 22.9 Å². The Balaban J connectivity index is 2.45. The first-order valence-corrected chi connectivity index (χ1v) is 6.50. The number of para-hydroxylation sites is 1. The van der Waals surface area contributed by atoms with E-state index in [1.165, 1.54) is 17.8 Å². The van der Waals surface area contributed by atoms with Crippen molar-refractivity contribution in [3.63, 3.8) is 0 Å². The molecular formula is C12H14N4O2S. The standard InChI is InChI=1S/C12H14N4O2S/c1-8-9(7-13)12(15(2)14-8)19-11-6-4-3-5-10(11)16(17)18/h3-6H,7,13H2,1-2H3. The molecule has 0 amide bonds. The normalized spacial score (nSPS) is 10.7. The highest BCUT2D eigenvalue weighted by Gasteiger charge is 2.18. The van der Waals surface area contributed by atoms with Gasteiger partial charge in [0.05, 0.1) is 15.5 Å². The van der Waals surface area contributed by atoms with Gasteiger partial charge in [-0.25, -0.2) is 0 Å². The van der Waals surface area contributed by atoms with Crippen molar-refractivity contribution in [1.29, 1.82) is 0 Å². The van der Waals surface area contributed by atoms with Crippen molar-refractivity contribution in [3.8, 4) is 0 Å². The van der Waals surface area contributed by atoms with E-state index >= 15 is 0 Å². The fraction of sp³-hybridized carbons (Fsp3) is 0.250. The van der Waals surface area contributed by atoms with Crippen molar-refractivity contribution >= 4 is 17.4 Å². The number of benzene rings is 1. The minimum atomic E-state index is -0.381. The molecule has 100 valence electrons. The smallest absolute Gasteiger partial charge is 0.283 e. The third-order valence-corrected chi connectivity index (χ3v) is 4.03. The molecule has 0 radical (unpaired) electrons. The second-order valence-corrected chi connectivity index (χ2v) is 5.05. The van der Waals surface area contributed by atoms with Crippen molar-refractivity contribution in [3.05, 3.63) is 45.6 Å². The molecule has 2 aromatic rings. The van der Waals surface area contributed by atoms with Gasteiger partial charge >= 0.3 is 0 Å². The summed E-state index contributed by atoms with van der Waals surface area (Å²) in [6.45, 7) is 2.24. The SMILES string of the molecule is Cc1nn(C)c(Sc2ccccc2[N+](=O)[O-])c1CN. The van der Waals surface area contributed by atoms with Gasteiger partial charge in [-0.3, -0.25) is 14.8 Å². The molecule has 19 heavy (non-hydrogen) atoms. The summed E-state index contributed by atoms with van der Waals surface area (Å²) in [4.78, 5) is 11.2. The predicted molar refractivity (Wildman–Crippen MR) is 73.1 cm³/mol. The molecular weight excluding hydrogens is 264 g/mol. The van der Waals surface area contributed by atoms with Crippen molar-refractivity contribution in [1.82, 2.24) is 9.78 Å². The molecule has 6 nitrogen and oxygen atoms in total. The van der Waals surface area contributed by atoms with Gasteiger partial charge in [0.15, 0.2) is 0 Å². The molecule has 0 atom stereocenters. The molecule has 0 saturated carbocycles. The van der Waals surface area contributed by atoms with Crippen LogP contribution in [0.5, 0.6) is 0 Å². The predicted octanol–water partition coefficient (Wildman–Crippen LogP) is 2.25. The molecule has 0 aliphatic heterocycles. The van der Waals surface area contributed by atoms with Crippen LogP contribution in [-0.4, -0.2) is 14.7 Å². The molecule has 0 saturated heterocycles. The number of nitro benzene ring substituents is 1. The third kappa shape index (κ3) is 2.61. The Kier molecular flexibility index (Phi) is 3.87. The van der Waals surface area contributed by atoms with Crippen LogP contribution >= 0.6 is 11.8 Å². The maximum Gasteiger partial charge on any atom is 0.283 e. The molecule has 0 fully saturated rings. The van der Waals surface area contributed by atoms with Gasteiger partial charge in [0.1, 0.15) is 5.03 Å². The average Bonchev–Trinajstić information content (AvgIpc) is 2.64. The molecule has 0 spiro atoms. The lowest BCUT2D eigenvalue weighted by Crippen LogP contribution is -2.00. The topological polar surface area (TPSA) is 87.0 Å². The van der Waals surface area contributed by atoms with Crippen molar-refractivity contribution in [2.24, 2.45) is 12.8 Å². The summed E-state index contributed by atoms with van der Waals surface area (Å²) in [5, 5.41) is 16.1. The molecule has 0 bridgehead atoms. The van der Waals surface area contributed by atoms with E-state index in [2.05, 4.69) is 5.10 Å². The molecule has 1 aromatic carbocycles. The maximum atomic E-state index is 11.0. The number of rotatable bonds is 4. The summed E-state index contributed by atoms with van der Waals surface area (Å²) in [5.74, 6) is 0. The second-order valence-electron chi connectivity index (χ2n) is 4.02. The number of nitro groups is 1. The molecule has 7 heteroatoms. The van der Waals surface area contributed by atoms with Crippen LogP contribution in [0.4, 0.5) is 5.69 Å². The lowest BCUT2D eigenvalue weighted by atomic mass is 10.3. The Morgan fingerprint density at radius 2 is 2.16 bits per heavy atom. The number of hydrogen-bond acceptors (Lipinski definition) is 5. The fourth-order valence-corrected chi connectivity index (χ4v) is 2.97. The average molecular weight is 278 g/mol. The van der Waals surface area contributed by atoms with Crippen LogP contribution in [0.25, 0.3) is 0 Å². The first-order valence-electron chi connectivity index (χ1n) is 5.68. The number of aryl methyl sites for hydroxylation is 2. The van der Waals surface area contributed by atoms with E-state index in [-0.39, 0.29) is 10.6 Å². The van der Waals surface area contributed by atoms with Gasteiger partial charge in [0.2, 0.25) is 0 Å². The zero-order chi connectivity index (χ0) is 14.0. The van der Waals surface area contributed by atoms with E-state index < -0.39 is 0 Å². The number of hydrogen-bond donors (Lipinski definition) is 1. The lowest BCUT2D eigenvalue weighted by Gasteiger charge is -2.05. The molecule has 0 unspecified atom stereocenters. The van der Waals surface area contributed by atoms with Crippen LogP contribution < -0.4 is 5.73 Å². The van der Waals surface area contributed by atoms with Crippen LogP contribution in [0, 0.1) is 17.0 Å². The first kappa shape index (κ1) is 13.6. The van der Waals surface area contributed by atoms with E-state index in [4.69, 9.17) is 5.73 Å². The van der Waals surface area contributed by atoms with E-state index in [0.717, 1.165) is 16.3 Å². The highest BCUT2D eigenvalue weighted by atomic mass is 32.2. The summed E-state index contributed by atoms with van der Waals surface area (Å²) in [6, 6.07) is 6.65. The zero-order valence-corrected chi connectivity index (χ0v) is 11.5. The molecule has 1 heterocycles. The third-order valence-electron chi connectivity index (χ3n) is 2.76. The highest BCUT2D eigenvalue weighted by Crippen LogP contribution is 2.36. The van der Waals surface area contributed by atoms with Gasteiger partial charge in [-0.1, -0.05) is 23.9 Å². The lowest BCUT2D eigenvalue weighted by molar-refractivity contribution is -0.387. The minimum absolute atomic E-state index is 0.0920. The molecule has 2 N–H and O–H groups in total. The molecule has 1 aromatic heterocycles. The summed E-state index contributed by atoms with van der Waals surface area (Å²) in [6.07, 6.45) is 0. The van der Waals surface area contributed by atoms with Gasteiger partial charge in [0, 0.05) is 25.2 Å². The van der Waals surface area contributed by atoms with Crippen molar-refractivity contribution in [2.75, 3.05) is 0 Å². The van der Waals surface area contributed by atoms with Gasteiger partial charge < -0.3 is 5.73 Å². The minimum Gasteiger partial charge on any atom is -0.326 e. The highest BCUT2D eigenvalue weighted by molar-refractivity contribution is 7.99. The molecule has 0 aliphatic carbocycles. The number of aromatic nitrogens is 2. The van der Waals surface area contributed by atoms with Gasteiger partial charge in [-0.15, -0.1) is 0 Å².